The molecule has 3 saturated carbocycles. The lowest BCUT2D eigenvalue weighted by atomic mass is 9.61. The molecule has 3 aliphatic carbocycles. The number of allylic oxidation sites excluding steroid dienone is 3. The highest BCUT2D eigenvalue weighted by molar-refractivity contribution is 6.74. The molecule has 0 heterocycles. The summed E-state index contributed by atoms with van der Waals surface area (Å²) in [6, 6.07) is 0. The van der Waals surface area contributed by atoms with Crippen molar-refractivity contribution in [3.8, 4) is 0 Å². The summed E-state index contributed by atoms with van der Waals surface area (Å²) >= 11 is 0. The monoisotopic (exact) mass is 630 g/mol. The Hall–Kier alpha value is -0.466. The van der Waals surface area contributed by atoms with E-state index in [9.17, 15) is 0 Å². The summed E-state index contributed by atoms with van der Waals surface area (Å²) in [5.74, 6) is 2.21. The van der Waals surface area contributed by atoms with Crippen molar-refractivity contribution in [2.75, 3.05) is 6.61 Å². The molecule has 0 radical (unpaired) electrons. The van der Waals surface area contributed by atoms with Gasteiger partial charge in [0.2, 0.25) is 0 Å². The standard InChI is InChI=1S/C38H70O3Si2/c1-27(2)39-24-22-28(3)33-20-21-34-30(17-16-23-38(33,34)11)18-19-31-25-32(40-42(12,13)36(5,6)7)26-35(29(31)4)41-43(14,15)37(8,9)10/h18-19,27-28,32-35H,4,16-17,20-26H2,1-3,5-15H3/b30-18+,31-19+/t28-,32-,33-,34+,35+,38-/m1/s1. The molecule has 43 heavy (non-hydrogen) atoms. The Kier molecular flexibility index (Phi) is 11.8. The lowest BCUT2D eigenvalue weighted by Gasteiger charge is -2.46. The van der Waals surface area contributed by atoms with Crippen LogP contribution in [-0.4, -0.2) is 41.6 Å². The minimum Gasteiger partial charge on any atom is -0.413 e. The second-order valence-corrected chi connectivity index (χ2v) is 27.6. The Morgan fingerprint density at radius 1 is 0.930 bits per heavy atom. The van der Waals surface area contributed by atoms with E-state index in [4.69, 9.17) is 13.6 Å². The largest absolute Gasteiger partial charge is 0.413 e. The molecule has 0 aromatic carbocycles. The van der Waals surface area contributed by atoms with E-state index in [-0.39, 0.29) is 22.3 Å². The summed E-state index contributed by atoms with van der Waals surface area (Å²) in [7, 11) is -3.87. The summed E-state index contributed by atoms with van der Waals surface area (Å²) in [6.07, 6.45) is 15.2. The van der Waals surface area contributed by atoms with Gasteiger partial charge in [-0.15, -0.1) is 0 Å². The van der Waals surface area contributed by atoms with Gasteiger partial charge in [0.25, 0.3) is 0 Å². The van der Waals surface area contributed by atoms with Crippen LogP contribution in [0.1, 0.15) is 121 Å². The molecular formula is C38H70O3Si2. The van der Waals surface area contributed by atoms with Gasteiger partial charge in [0.05, 0.1) is 18.3 Å². The van der Waals surface area contributed by atoms with Gasteiger partial charge >= 0.3 is 0 Å². The lowest BCUT2D eigenvalue weighted by molar-refractivity contribution is 0.0437. The summed E-state index contributed by atoms with van der Waals surface area (Å²) in [5.41, 5.74) is 4.63. The first kappa shape index (κ1) is 37.0. The second kappa shape index (κ2) is 13.7. The van der Waals surface area contributed by atoms with Crippen LogP contribution in [0.2, 0.25) is 36.3 Å². The zero-order valence-electron chi connectivity index (χ0n) is 30.9. The molecule has 0 saturated heterocycles. The average Bonchev–Trinajstić information content (AvgIpc) is 3.20. The number of hydrogen-bond acceptors (Lipinski definition) is 3. The van der Waals surface area contributed by atoms with Crippen LogP contribution in [0.25, 0.3) is 0 Å². The molecule has 0 unspecified atom stereocenters. The molecule has 0 N–H and O–H groups in total. The third-order valence-electron chi connectivity index (χ3n) is 12.5. The Bertz CT molecular complexity index is 1020. The Balaban J connectivity index is 1.87. The summed E-state index contributed by atoms with van der Waals surface area (Å²) in [6.45, 7) is 38.5. The van der Waals surface area contributed by atoms with E-state index in [1.165, 1.54) is 49.7 Å². The molecule has 0 amide bonds. The Labute approximate surface area is 270 Å². The average molecular weight is 631 g/mol. The van der Waals surface area contributed by atoms with Crippen LogP contribution in [0.15, 0.2) is 35.5 Å². The van der Waals surface area contributed by atoms with Gasteiger partial charge in [0.1, 0.15) is 0 Å². The molecule has 6 atom stereocenters. The maximum absolute atomic E-state index is 7.08. The summed E-state index contributed by atoms with van der Waals surface area (Å²) < 4.78 is 20.1. The first-order chi connectivity index (χ1) is 19.6. The van der Waals surface area contributed by atoms with E-state index in [1.807, 2.05) is 0 Å². The topological polar surface area (TPSA) is 27.7 Å². The van der Waals surface area contributed by atoms with Crippen molar-refractivity contribution in [1.29, 1.82) is 0 Å². The zero-order chi connectivity index (χ0) is 32.6. The first-order valence-corrected chi connectivity index (χ1v) is 23.5. The van der Waals surface area contributed by atoms with Crippen molar-refractivity contribution in [1.82, 2.24) is 0 Å². The molecular weight excluding hydrogens is 561 g/mol. The zero-order valence-corrected chi connectivity index (χ0v) is 32.9. The molecule has 0 spiro atoms. The van der Waals surface area contributed by atoms with E-state index in [0.717, 1.165) is 25.4 Å². The summed E-state index contributed by atoms with van der Waals surface area (Å²) in [4.78, 5) is 0. The maximum Gasteiger partial charge on any atom is 0.192 e. The molecule has 0 bridgehead atoms. The van der Waals surface area contributed by atoms with Crippen LogP contribution in [0.5, 0.6) is 0 Å². The van der Waals surface area contributed by atoms with Gasteiger partial charge in [0, 0.05) is 13.0 Å². The van der Waals surface area contributed by atoms with E-state index >= 15 is 0 Å². The maximum atomic E-state index is 7.08. The van der Waals surface area contributed by atoms with E-state index in [2.05, 4.69) is 114 Å². The highest BCUT2D eigenvalue weighted by Gasteiger charge is 2.50. The van der Waals surface area contributed by atoms with Gasteiger partial charge in [-0.3, -0.25) is 0 Å². The molecule has 248 valence electrons. The molecule has 0 aromatic rings. The van der Waals surface area contributed by atoms with Crippen molar-refractivity contribution in [3.63, 3.8) is 0 Å². The highest BCUT2D eigenvalue weighted by Crippen LogP contribution is 2.60. The van der Waals surface area contributed by atoms with Crippen LogP contribution >= 0.6 is 0 Å². The Morgan fingerprint density at radius 3 is 2.12 bits per heavy atom. The van der Waals surface area contributed by atoms with Crippen LogP contribution in [0.4, 0.5) is 0 Å². The van der Waals surface area contributed by atoms with Gasteiger partial charge in [-0.1, -0.05) is 79.7 Å². The number of fused-ring (bicyclic) bond motifs is 1. The fourth-order valence-electron chi connectivity index (χ4n) is 7.67. The smallest absolute Gasteiger partial charge is 0.192 e. The fourth-order valence-corrected chi connectivity index (χ4v) is 10.3. The molecule has 5 heteroatoms. The van der Waals surface area contributed by atoms with Gasteiger partial charge < -0.3 is 13.6 Å². The van der Waals surface area contributed by atoms with Crippen molar-refractivity contribution < 1.29 is 13.6 Å². The number of rotatable bonds is 10. The van der Waals surface area contributed by atoms with Crippen LogP contribution in [0, 0.1) is 23.2 Å². The quantitative estimate of drug-likeness (QED) is 0.225. The van der Waals surface area contributed by atoms with Crippen LogP contribution in [-0.2, 0) is 13.6 Å². The van der Waals surface area contributed by atoms with Gasteiger partial charge in [-0.05, 0) is 129 Å². The SMILES string of the molecule is C=C1/C(=C/C=C2\CCC[C@]3(C)[C@@H]([C@H](C)CCOC(C)C)CC[C@@H]23)C[C@@H](O[Si](C)(C)C(C)(C)C)C[C@@H]1O[Si](C)(C)C(C)(C)C. The normalized spacial score (nSPS) is 32.1. The fraction of sp³-hybridized carbons (Fsp3) is 0.842. The Morgan fingerprint density at radius 2 is 1.53 bits per heavy atom. The third-order valence-corrected chi connectivity index (χ3v) is 21.5. The van der Waals surface area contributed by atoms with Crippen molar-refractivity contribution in [3.05, 3.63) is 35.5 Å². The number of hydrogen-bond donors (Lipinski definition) is 0. The van der Waals surface area contributed by atoms with Crippen molar-refractivity contribution in [2.24, 2.45) is 23.2 Å². The predicted molar refractivity (Wildman–Crippen MR) is 192 cm³/mol. The molecule has 0 aliphatic heterocycles. The predicted octanol–water partition coefficient (Wildman–Crippen LogP) is 11.6. The first-order valence-electron chi connectivity index (χ1n) is 17.6. The minimum absolute atomic E-state index is 0.0375. The van der Waals surface area contributed by atoms with Crippen LogP contribution < -0.4 is 0 Å². The number of ether oxygens (including phenoxy) is 1. The molecule has 0 aromatic heterocycles. The molecule has 3 nitrogen and oxygen atoms in total. The van der Waals surface area contributed by atoms with Crippen molar-refractivity contribution >= 4 is 16.6 Å². The van der Waals surface area contributed by atoms with Crippen molar-refractivity contribution in [2.45, 2.75) is 175 Å². The third kappa shape index (κ3) is 8.67. The molecule has 3 fully saturated rings. The van der Waals surface area contributed by atoms with Gasteiger partial charge in [0.15, 0.2) is 16.6 Å². The summed E-state index contributed by atoms with van der Waals surface area (Å²) in [5, 5.41) is 0.350. The minimum atomic E-state index is -1.96. The molecule has 3 rings (SSSR count). The van der Waals surface area contributed by atoms with Crippen LogP contribution in [0.3, 0.4) is 0 Å². The van der Waals surface area contributed by atoms with E-state index in [0.29, 0.717) is 23.4 Å². The molecule has 3 aliphatic rings. The van der Waals surface area contributed by atoms with E-state index < -0.39 is 16.6 Å². The second-order valence-electron chi connectivity index (χ2n) is 18.0. The van der Waals surface area contributed by atoms with Gasteiger partial charge in [-0.25, -0.2) is 0 Å². The lowest BCUT2D eigenvalue weighted by Crippen LogP contribution is -2.49. The highest BCUT2D eigenvalue weighted by atomic mass is 28.4. The van der Waals surface area contributed by atoms with E-state index in [1.54, 1.807) is 5.57 Å². The van der Waals surface area contributed by atoms with Gasteiger partial charge in [-0.2, -0.15) is 0 Å².